The minimum atomic E-state index is -0.468. The zero-order valence-electron chi connectivity index (χ0n) is 13.1. The molecule has 0 unspecified atom stereocenters. The molecule has 1 amide bonds. The van der Waals surface area contributed by atoms with Crippen molar-refractivity contribution in [3.63, 3.8) is 0 Å². The van der Waals surface area contributed by atoms with E-state index in [9.17, 15) is 19.8 Å². The molecule has 6 nitrogen and oxygen atoms in total. The van der Waals surface area contributed by atoms with E-state index in [0.29, 0.717) is 25.1 Å². The first kappa shape index (κ1) is 16.0. The van der Waals surface area contributed by atoms with E-state index in [0.717, 1.165) is 0 Å². The van der Waals surface area contributed by atoms with Gasteiger partial charge in [0.05, 0.1) is 0 Å². The zero-order chi connectivity index (χ0) is 17.1. The SMILES string of the molecule is O=C(c1ccccn1)[C@H]1CCCN(C(=O)c2c(O)cccc2O)C1. The van der Waals surface area contributed by atoms with E-state index < -0.39 is 5.91 Å². The molecule has 0 bridgehead atoms. The number of hydrogen-bond donors (Lipinski definition) is 2. The van der Waals surface area contributed by atoms with Crippen molar-refractivity contribution in [3.05, 3.63) is 53.9 Å². The number of benzene rings is 1. The van der Waals surface area contributed by atoms with Crippen molar-refractivity contribution in [2.24, 2.45) is 5.92 Å². The van der Waals surface area contributed by atoms with Crippen molar-refractivity contribution in [3.8, 4) is 11.5 Å². The molecule has 2 aromatic rings. The first-order valence-corrected chi connectivity index (χ1v) is 7.83. The van der Waals surface area contributed by atoms with Crippen LogP contribution in [0.2, 0.25) is 0 Å². The van der Waals surface area contributed by atoms with Crippen LogP contribution in [-0.4, -0.2) is 44.9 Å². The average Bonchev–Trinajstić information content (AvgIpc) is 2.61. The molecule has 0 spiro atoms. The minimum Gasteiger partial charge on any atom is -0.507 e. The van der Waals surface area contributed by atoms with E-state index in [2.05, 4.69) is 4.98 Å². The predicted molar refractivity (Wildman–Crippen MR) is 87.0 cm³/mol. The van der Waals surface area contributed by atoms with Crippen molar-refractivity contribution in [2.45, 2.75) is 12.8 Å². The van der Waals surface area contributed by atoms with Crippen LogP contribution in [0.1, 0.15) is 33.7 Å². The molecule has 0 radical (unpaired) electrons. The van der Waals surface area contributed by atoms with Gasteiger partial charge in [-0.05, 0) is 37.1 Å². The van der Waals surface area contributed by atoms with E-state index in [1.807, 2.05) is 0 Å². The third-order valence-electron chi connectivity index (χ3n) is 4.23. The Morgan fingerprint density at radius 3 is 2.50 bits per heavy atom. The highest BCUT2D eigenvalue weighted by atomic mass is 16.3. The van der Waals surface area contributed by atoms with Gasteiger partial charge >= 0.3 is 0 Å². The predicted octanol–water partition coefficient (Wildman–Crippen LogP) is 2.23. The quantitative estimate of drug-likeness (QED) is 0.844. The molecule has 2 N–H and O–H groups in total. The number of nitrogens with zero attached hydrogens (tertiary/aromatic N) is 2. The van der Waals surface area contributed by atoms with Gasteiger partial charge in [0, 0.05) is 25.2 Å². The minimum absolute atomic E-state index is 0.0883. The Bertz CT molecular complexity index is 741. The lowest BCUT2D eigenvalue weighted by Gasteiger charge is -2.32. The van der Waals surface area contributed by atoms with Crippen LogP contribution >= 0.6 is 0 Å². The molecule has 3 rings (SSSR count). The molecule has 1 aliphatic rings. The zero-order valence-corrected chi connectivity index (χ0v) is 13.1. The number of aromatic hydroxyl groups is 2. The molecular formula is C18H18N2O4. The molecule has 1 atom stereocenters. The van der Waals surface area contributed by atoms with Crippen molar-refractivity contribution in [1.82, 2.24) is 9.88 Å². The summed E-state index contributed by atoms with van der Waals surface area (Å²) in [5.41, 5.74) is 0.269. The van der Waals surface area contributed by atoms with Crippen LogP contribution in [0.3, 0.4) is 0 Å². The van der Waals surface area contributed by atoms with Gasteiger partial charge in [0.2, 0.25) is 0 Å². The summed E-state index contributed by atoms with van der Waals surface area (Å²) in [6, 6.07) is 9.34. The van der Waals surface area contributed by atoms with Gasteiger partial charge in [-0.25, -0.2) is 0 Å². The highest BCUT2D eigenvalue weighted by Gasteiger charge is 2.31. The first-order chi connectivity index (χ1) is 11.6. The van der Waals surface area contributed by atoms with Crippen molar-refractivity contribution >= 4 is 11.7 Å². The molecule has 0 saturated carbocycles. The molecule has 24 heavy (non-hydrogen) atoms. The molecule has 124 valence electrons. The largest absolute Gasteiger partial charge is 0.507 e. The summed E-state index contributed by atoms with van der Waals surface area (Å²) in [5.74, 6) is -1.42. The number of amides is 1. The summed E-state index contributed by atoms with van der Waals surface area (Å²) in [6.07, 6.45) is 2.94. The Morgan fingerprint density at radius 2 is 1.83 bits per heavy atom. The monoisotopic (exact) mass is 326 g/mol. The number of hydrogen-bond acceptors (Lipinski definition) is 5. The summed E-state index contributed by atoms with van der Waals surface area (Å²) in [6.45, 7) is 0.737. The Kier molecular flexibility index (Phi) is 4.46. The summed E-state index contributed by atoms with van der Waals surface area (Å²) >= 11 is 0. The van der Waals surface area contributed by atoms with E-state index in [1.54, 1.807) is 24.4 Å². The van der Waals surface area contributed by atoms with E-state index in [-0.39, 0.29) is 35.3 Å². The lowest BCUT2D eigenvalue weighted by molar-refractivity contribution is 0.0631. The summed E-state index contributed by atoms with van der Waals surface area (Å²) in [5, 5.41) is 19.7. The van der Waals surface area contributed by atoms with Crippen LogP contribution in [0.4, 0.5) is 0 Å². The Hall–Kier alpha value is -2.89. The van der Waals surface area contributed by atoms with Gasteiger partial charge in [-0.1, -0.05) is 12.1 Å². The van der Waals surface area contributed by atoms with Gasteiger partial charge in [0.25, 0.3) is 5.91 Å². The van der Waals surface area contributed by atoms with E-state index >= 15 is 0 Å². The van der Waals surface area contributed by atoms with Crippen molar-refractivity contribution in [2.75, 3.05) is 13.1 Å². The van der Waals surface area contributed by atoms with Crippen LogP contribution in [0.25, 0.3) is 0 Å². The maximum absolute atomic E-state index is 12.6. The number of Topliss-reactive ketones (excluding diaryl/α,β-unsaturated/α-hetero) is 1. The fourth-order valence-electron chi connectivity index (χ4n) is 3.00. The highest BCUT2D eigenvalue weighted by Crippen LogP contribution is 2.30. The van der Waals surface area contributed by atoms with Crippen LogP contribution < -0.4 is 0 Å². The molecule has 1 saturated heterocycles. The number of pyridine rings is 1. The topological polar surface area (TPSA) is 90.7 Å². The van der Waals surface area contributed by atoms with Gasteiger partial charge in [-0.2, -0.15) is 0 Å². The van der Waals surface area contributed by atoms with Gasteiger partial charge < -0.3 is 15.1 Å². The Balaban J connectivity index is 1.78. The number of carbonyl (C=O) groups is 2. The summed E-state index contributed by atoms with van der Waals surface area (Å²) in [4.78, 5) is 30.7. The second kappa shape index (κ2) is 6.70. The fraction of sp³-hybridized carbons (Fsp3) is 0.278. The molecule has 1 aromatic heterocycles. The van der Waals surface area contributed by atoms with Gasteiger partial charge in [0.15, 0.2) is 5.78 Å². The number of likely N-dealkylation sites (tertiary alicyclic amines) is 1. The molecule has 1 fully saturated rings. The number of ketones is 1. The Labute approximate surface area is 139 Å². The standard InChI is InChI=1S/C18H18N2O4/c21-14-7-3-8-15(22)16(14)18(24)20-10-4-5-12(11-20)17(23)13-6-1-2-9-19-13/h1-3,6-9,12,21-22H,4-5,10-11H2/t12-/m0/s1. The van der Waals surface area contributed by atoms with Gasteiger partial charge in [0.1, 0.15) is 22.8 Å². The number of phenolic OH excluding ortho intramolecular Hbond substituents is 2. The third kappa shape index (κ3) is 3.08. The van der Waals surface area contributed by atoms with Gasteiger partial charge in [-0.15, -0.1) is 0 Å². The second-order valence-electron chi connectivity index (χ2n) is 5.84. The molecule has 0 aliphatic carbocycles. The molecule has 1 aromatic carbocycles. The summed E-state index contributed by atoms with van der Waals surface area (Å²) < 4.78 is 0. The number of rotatable bonds is 3. The van der Waals surface area contributed by atoms with Gasteiger partial charge in [-0.3, -0.25) is 14.6 Å². The number of carbonyl (C=O) groups excluding carboxylic acids is 2. The molecule has 1 aliphatic heterocycles. The number of phenols is 2. The highest BCUT2D eigenvalue weighted by molar-refractivity contribution is 6.00. The summed E-state index contributed by atoms with van der Waals surface area (Å²) in [7, 11) is 0. The fourth-order valence-corrected chi connectivity index (χ4v) is 3.00. The van der Waals surface area contributed by atoms with E-state index in [4.69, 9.17) is 0 Å². The molecule has 6 heteroatoms. The average molecular weight is 326 g/mol. The number of aromatic nitrogens is 1. The van der Waals surface area contributed by atoms with Crippen LogP contribution in [0.15, 0.2) is 42.6 Å². The van der Waals surface area contributed by atoms with Crippen LogP contribution in [-0.2, 0) is 0 Å². The Morgan fingerprint density at radius 1 is 1.08 bits per heavy atom. The van der Waals surface area contributed by atoms with Crippen molar-refractivity contribution < 1.29 is 19.8 Å². The normalized spacial score (nSPS) is 17.5. The van der Waals surface area contributed by atoms with Crippen LogP contribution in [0.5, 0.6) is 11.5 Å². The lowest BCUT2D eigenvalue weighted by atomic mass is 9.91. The maximum Gasteiger partial charge on any atom is 0.261 e. The smallest absolute Gasteiger partial charge is 0.261 e. The first-order valence-electron chi connectivity index (χ1n) is 7.83. The number of piperidine rings is 1. The van der Waals surface area contributed by atoms with E-state index in [1.165, 1.54) is 23.1 Å². The van der Waals surface area contributed by atoms with Crippen LogP contribution in [0, 0.1) is 5.92 Å². The maximum atomic E-state index is 12.6. The van der Waals surface area contributed by atoms with Crippen molar-refractivity contribution in [1.29, 1.82) is 0 Å². The molecular weight excluding hydrogens is 308 g/mol. The second-order valence-corrected chi connectivity index (χ2v) is 5.84. The lowest BCUT2D eigenvalue weighted by Crippen LogP contribution is -2.42. The third-order valence-corrected chi connectivity index (χ3v) is 4.23. The molecule has 2 heterocycles.